The largest absolute Gasteiger partial charge is 0.383 e. The molecule has 1 heterocycles. The maximum Gasteiger partial charge on any atom is 0.131 e. The second-order valence-corrected chi connectivity index (χ2v) is 2.25. The van der Waals surface area contributed by atoms with Crippen molar-refractivity contribution in [3.8, 4) is 0 Å². The van der Waals surface area contributed by atoms with E-state index in [4.69, 9.17) is 0 Å². The Balaban J connectivity index is 2.55. The predicted molar refractivity (Wildman–Crippen MR) is 41.3 cm³/mol. The Morgan fingerprint density at radius 3 is 2.90 bits per heavy atom. The Bertz CT molecular complexity index is 199. The standard InChI is InChI=1S/C7H11N3/c1-10(2)6-3-7-8-4-5-9-7/h3-6H,1-2H3,(H,8,9). The predicted octanol–water partition coefficient (Wildman–Crippen LogP) is 0.942. The number of aromatic nitrogens is 2. The molecule has 10 heavy (non-hydrogen) atoms. The molecule has 1 aromatic heterocycles. The van der Waals surface area contributed by atoms with Crippen LogP contribution >= 0.6 is 0 Å². The van der Waals surface area contributed by atoms with Crippen LogP contribution in [0, 0.1) is 0 Å². The van der Waals surface area contributed by atoms with Crippen LogP contribution in [0.2, 0.25) is 0 Å². The fraction of sp³-hybridized carbons (Fsp3) is 0.286. The van der Waals surface area contributed by atoms with E-state index in [1.807, 2.05) is 31.3 Å². The second kappa shape index (κ2) is 3.06. The van der Waals surface area contributed by atoms with Gasteiger partial charge < -0.3 is 9.88 Å². The zero-order chi connectivity index (χ0) is 7.40. The van der Waals surface area contributed by atoms with E-state index in [1.165, 1.54) is 0 Å². The number of aromatic amines is 1. The van der Waals surface area contributed by atoms with E-state index in [9.17, 15) is 0 Å². The molecule has 0 aromatic carbocycles. The summed E-state index contributed by atoms with van der Waals surface area (Å²) in [5.74, 6) is 0.883. The molecule has 0 bridgehead atoms. The van der Waals surface area contributed by atoms with Crippen LogP contribution < -0.4 is 0 Å². The first-order valence-electron chi connectivity index (χ1n) is 3.13. The van der Waals surface area contributed by atoms with Crippen molar-refractivity contribution in [3.63, 3.8) is 0 Å². The van der Waals surface area contributed by atoms with Crippen LogP contribution in [0.3, 0.4) is 0 Å². The van der Waals surface area contributed by atoms with Crippen LogP contribution in [0.1, 0.15) is 5.82 Å². The molecule has 0 aliphatic rings. The van der Waals surface area contributed by atoms with Gasteiger partial charge in [-0.1, -0.05) is 0 Å². The third-order valence-electron chi connectivity index (χ3n) is 1.05. The second-order valence-electron chi connectivity index (χ2n) is 2.25. The van der Waals surface area contributed by atoms with Gasteiger partial charge in [-0.25, -0.2) is 4.98 Å². The molecule has 54 valence electrons. The molecule has 0 amide bonds. The zero-order valence-corrected chi connectivity index (χ0v) is 6.20. The highest BCUT2D eigenvalue weighted by Gasteiger charge is 1.84. The summed E-state index contributed by atoms with van der Waals surface area (Å²) in [6, 6.07) is 0. The molecule has 1 rings (SSSR count). The minimum Gasteiger partial charge on any atom is -0.383 e. The van der Waals surface area contributed by atoms with E-state index in [1.54, 1.807) is 12.4 Å². The van der Waals surface area contributed by atoms with Crippen LogP contribution in [0.15, 0.2) is 18.6 Å². The molecule has 0 spiro atoms. The molecule has 0 aliphatic carbocycles. The molecule has 0 fully saturated rings. The van der Waals surface area contributed by atoms with Crippen molar-refractivity contribution in [2.75, 3.05) is 14.1 Å². The lowest BCUT2D eigenvalue weighted by Crippen LogP contribution is -1.99. The molecule has 0 radical (unpaired) electrons. The molecule has 0 aliphatic heterocycles. The monoisotopic (exact) mass is 137 g/mol. The van der Waals surface area contributed by atoms with Crippen LogP contribution in [0.4, 0.5) is 0 Å². The summed E-state index contributed by atoms with van der Waals surface area (Å²) >= 11 is 0. The van der Waals surface area contributed by atoms with Crippen molar-refractivity contribution in [1.82, 2.24) is 14.9 Å². The third kappa shape index (κ3) is 1.93. The van der Waals surface area contributed by atoms with Crippen molar-refractivity contribution < 1.29 is 0 Å². The van der Waals surface area contributed by atoms with Gasteiger partial charge in [-0.2, -0.15) is 0 Å². The van der Waals surface area contributed by atoms with Gasteiger partial charge in [-0.05, 0) is 6.08 Å². The van der Waals surface area contributed by atoms with Gasteiger partial charge in [0.05, 0.1) is 0 Å². The van der Waals surface area contributed by atoms with Gasteiger partial charge in [-0.3, -0.25) is 0 Å². The lowest BCUT2D eigenvalue weighted by molar-refractivity contribution is 0.567. The fourth-order valence-corrected chi connectivity index (χ4v) is 0.588. The van der Waals surface area contributed by atoms with Crippen molar-refractivity contribution in [2.24, 2.45) is 0 Å². The summed E-state index contributed by atoms with van der Waals surface area (Å²) in [6.45, 7) is 0. The average Bonchev–Trinajstić information content (AvgIpc) is 2.34. The SMILES string of the molecule is CN(C)C=Cc1ncc[nH]1. The highest BCUT2D eigenvalue weighted by Crippen LogP contribution is 1.91. The van der Waals surface area contributed by atoms with Gasteiger partial charge in [0, 0.05) is 32.7 Å². The maximum atomic E-state index is 4.02. The maximum absolute atomic E-state index is 4.02. The van der Waals surface area contributed by atoms with Crippen LogP contribution in [-0.2, 0) is 0 Å². The quantitative estimate of drug-likeness (QED) is 0.658. The van der Waals surface area contributed by atoms with E-state index in [0.717, 1.165) is 5.82 Å². The van der Waals surface area contributed by atoms with Gasteiger partial charge >= 0.3 is 0 Å². The number of H-pyrrole nitrogens is 1. The Hall–Kier alpha value is -1.25. The Labute approximate surface area is 60.4 Å². The van der Waals surface area contributed by atoms with E-state index in [0.29, 0.717) is 0 Å². The first kappa shape index (κ1) is 6.86. The highest BCUT2D eigenvalue weighted by atomic mass is 15.0. The average molecular weight is 137 g/mol. The molecule has 0 atom stereocenters. The summed E-state index contributed by atoms with van der Waals surface area (Å²) in [7, 11) is 3.94. The van der Waals surface area contributed by atoms with Crippen molar-refractivity contribution in [1.29, 1.82) is 0 Å². The lowest BCUT2D eigenvalue weighted by atomic mass is 10.5. The summed E-state index contributed by atoms with van der Waals surface area (Å²) in [5, 5.41) is 0. The number of hydrogen-bond acceptors (Lipinski definition) is 2. The lowest BCUT2D eigenvalue weighted by Gasteiger charge is -2.01. The molecule has 0 unspecified atom stereocenters. The number of imidazole rings is 1. The third-order valence-corrected chi connectivity index (χ3v) is 1.05. The van der Waals surface area contributed by atoms with Gasteiger partial charge in [0.25, 0.3) is 0 Å². The summed E-state index contributed by atoms with van der Waals surface area (Å²) in [4.78, 5) is 8.95. The number of nitrogens with zero attached hydrogens (tertiary/aromatic N) is 2. The van der Waals surface area contributed by atoms with Crippen molar-refractivity contribution in [3.05, 3.63) is 24.4 Å². The molecular formula is C7H11N3. The smallest absolute Gasteiger partial charge is 0.131 e. The molecule has 3 nitrogen and oxygen atoms in total. The molecular weight excluding hydrogens is 126 g/mol. The van der Waals surface area contributed by atoms with Crippen LogP contribution in [0.5, 0.6) is 0 Å². The molecule has 0 saturated heterocycles. The Morgan fingerprint density at radius 2 is 2.40 bits per heavy atom. The minimum atomic E-state index is 0.883. The molecule has 0 saturated carbocycles. The highest BCUT2D eigenvalue weighted by molar-refractivity contribution is 5.38. The number of nitrogens with one attached hydrogen (secondary N) is 1. The van der Waals surface area contributed by atoms with Gasteiger partial charge in [0.2, 0.25) is 0 Å². The minimum absolute atomic E-state index is 0.883. The number of rotatable bonds is 2. The fourth-order valence-electron chi connectivity index (χ4n) is 0.588. The van der Waals surface area contributed by atoms with Crippen molar-refractivity contribution >= 4 is 6.08 Å². The van der Waals surface area contributed by atoms with Crippen LogP contribution in [-0.4, -0.2) is 29.0 Å². The van der Waals surface area contributed by atoms with Gasteiger partial charge in [-0.15, -0.1) is 0 Å². The van der Waals surface area contributed by atoms with Gasteiger partial charge in [0.15, 0.2) is 0 Å². The molecule has 1 aromatic rings. The van der Waals surface area contributed by atoms with E-state index in [2.05, 4.69) is 9.97 Å². The van der Waals surface area contributed by atoms with E-state index < -0.39 is 0 Å². The summed E-state index contributed by atoms with van der Waals surface area (Å²) in [6.07, 6.45) is 7.39. The molecule has 1 N–H and O–H groups in total. The van der Waals surface area contributed by atoms with Crippen LogP contribution in [0.25, 0.3) is 6.08 Å². The van der Waals surface area contributed by atoms with E-state index >= 15 is 0 Å². The zero-order valence-electron chi connectivity index (χ0n) is 6.20. The number of hydrogen-bond donors (Lipinski definition) is 1. The van der Waals surface area contributed by atoms with Crippen molar-refractivity contribution in [2.45, 2.75) is 0 Å². The first-order chi connectivity index (χ1) is 4.79. The van der Waals surface area contributed by atoms with Gasteiger partial charge in [0.1, 0.15) is 5.82 Å². The Kier molecular flexibility index (Phi) is 2.10. The summed E-state index contributed by atoms with van der Waals surface area (Å²) < 4.78 is 0. The topological polar surface area (TPSA) is 31.9 Å². The first-order valence-corrected chi connectivity index (χ1v) is 3.13. The Morgan fingerprint density at radius 1 is 1.60 bits per heavy atom. The van der Waals surface area contributed by atoms with E-state index in [-0.39, 0.29) is 0 Å². The molecule has 3 heteroatoms. The summed E-state index contributed by atoms with van der Waals surface area (Å²) in [5.41, 5.74) is 0. The normalized spacial score (nSPS) is 10.6.